The maximum absolute atomic E-state index is 5.21. The summed E-state index contributed by atoms with van der Waals surface area (Å²) in [6.07, 6.45) is 3.16. The van der Waals surface area contributed by atoms with Gasteiger partial charge in [-0.3, -0.25) is 4.99 Å². The SMILES string of the molecule is COc1cccc(C2=CCC(C(C)C)=N2)c1. The Morgan fingerprint density at radius 2 is 2.12 bits per heavy atom. The summed E-state index contributed by atoms with van der Waals surface area (Å²) in [7, 11) is 1.69. The van der Waals surface area contributed by atoms with Crippen LogP contribution in [0.25, 0.3) is 5.70 Å². The molecule has 0 N–H and O–H groups in total. The Hall–Kier alpha value is -1.57. The van der Waals surface area contributed by atoms with Gasteiger partial charge in [0, 0.05) is 17.7 Å². The quantitative estimate of drug-likeness (QED) is 0.755. The average molecular weight is 215 g/mol. The molecule has 0 saturated carbocycles. The van der Waals surface area contributed by atoms with Gasteiger partial charge in [0.25, 0.3) is 0 Å². The predicted octanol–water partition coefficient (Wildman–Crippen LogP) is 3.54. The molecule has 1 aromatic rings. The van der Waals surface area contributed by atoms with E-state index in [1.807, 2.05) is 18.2 Å². The van der Waals surface area contributed by atoms with Crippen molar-refractivity contribution < 1.29 is 4.74 Å². The lowest BCUT2D eigenvalue weighted by molar-refractivity contribution is 0.414. The minimum Gasteiger partial charge on any atom is -0.497 e. The molecule has 1 aliphatic rings. The van der Waals surface area contributed by atoms with E-state index in [9.17, 15) is 0 Å². The smallest absolute Gasteiger partial charge is 0.119 e. The molecule has 0 amide bonds. The average Bonchev–Trinajstić information content (AvgIpc) is 2.78. The van der Waals surface area contributed by atoms with Gasteiger partial charge in [0.1, 0.15) is 5.75 Å². The van der Waals surface area contributed by atoms with E-state index in [0.29, 0.717) is 5.92 Å². The fourth-order valence-electron chi connectivity index (χ4n) is 1.78. The van der Waals surface area contributed by atoms with Gasteiger partial charge in [0.05, 0.1) is 12.8 Å². The van der Waals surface area contributed by atoms with Crippen molar-refractivity contribution >= 4 is 11.4 Å². The highest BCUT2D eigenvalue weighted by atomic mass is 16.5. The third-order valence-corrected chi connectivity index (χ3v) is 2.80. The lowest BCUT2D eigenvalue weighted by Gasteiger charge is -2.04. The Morgan fingerprint density at radius 1 is 1.31 bits per heavy atom. The van der Waals surface area contributed by atoms with Crippen LogP contribution < -0.4 is 4.74 Å². The molecule has 16 heavy (non-hydrogen) atoms. The van der Waals surface area contributed by atoms with Gasteiger partial charge in [0.15, 0.2) is 0 Å². The number of ether oxygens (including phenoxy) is 1. The molecule has 2 rings (SSSR count). The molecule has 0 bridgehead atoms. The molecule has 0 aromatic heterocycles. The van der Waals surface area contributed by atoms with E-state index in [1.165, 1.54) is 5.71 Å². The van der Waals surface area contributed by atoms with E-state index in [2.05, 4.69) is 31.0 Å². The van der Waals surface area contributed by atoms with Gasteiger partial charge >= 0.3 is 0 Å². The Bertz CT molecular complexity index is 444. The number of nitrogens with zero attached hydrogens (tertiary/aromatic N) is 1. The van der Waals surface area contributed by atoms with Gasteiger partial charge in [-0.1, -0.05) is 32.1 Å². The van der Waals surface area contributed by atoms with Gasteiger partial charge in [-0.15, -0.1) is 0 Å². The number of methoxy groups -OCH3 is 1. The lowest BCUT2D eigenvalue weighted by Crippen LogP contribution is -2.02. The highest BCUT2D eigenvalue weighted by molar-refractivity contribution is 5.97. The van der Waals surface area contributed by atoms with Crippen molar-refractivity contribution in [2.24, 2.45) is 10.9 Å². The summed E-state index contributed by atoms with van der Waals surface area (Å²) < 4.78 is 5.21. The van der Waals surface area contributed by atoms with Crippen LogP contribution in [0.5, 0.6) is 5.75 Å². The molecule has 0 unspecified atom stereocenters. The van der Waals surface area contributed by atoms with Crippen molar-refractivity contribution in [3.8, 4) is 5.75 Å². The van der Waals surface area contributed by atoms with Gasteiger partial charge < -0.3 is 4.74 Å². The molecule has 0 saturated heterocycles. The first-order valence-corrected chi connectivity index (χ1v) is 5.62. The standard InChI is InChI=1S/C14H17NO/c1-10(2)13-7-8-14(15-13)11-5-4-6-12(9-11)16-3/h4-6,8-10H,7H2,1-3H3. The zero-order chi connectivity index (χ0) is 11.5. The molecule has 0 fully saturated rings. The van der Waals surface area contributed by atoms with Crippen molar-refractivity contribution in [3.05, 3.63) is 35.9 Å². The van der Waals surface area contributed by atoms with E-state index in [0.717, 1.165) is 23.4 Å². The highest BCUT2D eigenvalue weighted by Gasteiger charge is 2.13. The summed E-state index contributed by atoms with van der Waals surface area (Å²) in [6, 6.07) is 8.05. The van der Waals surface area contributed by atoms with Crippen molar-refractivity contribution in [2.75, 3.05) is 7.11 Å². The second-order valence-corrected chi connectivity index (χ2v) is 4.28. The monoisotopic (exact) mass is 215 g/mol. The predicted molar refractivity (Wildman–Crippen MR) is 67.9 cm³/mol. The van der Waals surface area contributed by atoms with Gasteiger partial charge in [-0.2, -0.15) is 0 Å². The normalized spacial score (nSPS) is 15.0. The second kappa shape index (κ2) is 4.52. The van der Waals surface area contributed by atoms with Crippen LogP contribution in [0.2, 0.25) is 0 Å². The molecule has 0 aliphatic carbocycles. The zero-order valence-electron chi connectivity index (χ0n) is 10.0. The summed E-state index contributed by atoms with van der Waals surface area (Å²) >= 11 is 0. The van der Waals surface area contributed by atoms with Gasteiger partial charge in [-0.05, 0) is 18.1 Å². The lowest BCUT2D eigenvalue weighted by atomic mass is 10.1. The minimum atomic E-state index is 0.527. The van der Waals surface area contributed by atoms with Crippen LogP contribution >= 0.6 is 0 Å². The van der Waals surface area contributed by atoms with E-state index in [-0.39, 0.29) is 0 Å². The third-order valence-electron chi connectivity index (χ3n) is 2.80. The number of hydrogen-bond donors (Lipinski definition) is 0. The first-order valence-electron chi connectivity index (χ1n) is 5.62. The fraction of sp³-hybridized carbons (Fsp3) is 0.357. The third kappa shape index (κ3) is 2.16. The number of aliphatic imine (C=N–C) groups is 1. The van der Waals surface area contributed by atoms with Gasteiger partial charge in [0.2, 0.25) is 0 Å². The maximum Gasteiger partial charge on any atom is 0.119 e. The Balaban J connectivity index is 2.26. The van der Waals surface area contributed by atoms with Crippen LogP contribution in [0.3, 0.4) is 0 Å². The van der Waals surface area contributed by atoms with Crippen molar-refractivity contribution in [1.29, 1.82) is 0 Å². The summed E-state index contributed by atoms with van der Waals surface area (Å²) in [5.41, 5.74) is 3.47. The molecule has 1 aromatic carbocycles. The van der Waals surface area contributed by atoms with E-state index < -0.39 is 0 Å². The first-order chi connectivity index (χ1) is 7.70. The molecule has 0 radical (unpaired) electrons. The van der Waals surface area contributed by atoms with Crippen LogP contribution in [-0.4, -0.2) is 12.8 Å². The molecule has 2 heteroatoms. The molecule has 84 valence electrons. The van der Waals surface area contributed by atoms with Crippen LogP contribution in [0.15, 0.2) is 35.3 Å². The molecule has 0 spiro atoms. The van der Waals surface area contributed by atoms with E-state index >= 15 is 0 Å². The molecule has 1 heterocycles. The number of rotatable bonds is 3. The van der Waals surface area contributed by atoms with Crippen molar-refractivity contribution in [3.63, 3.8) is 0 Å². The van der Waals surface area contributed by atoms with E-state index in [1.54, 1.807) is 7.11 Å². The van der Waals surface area contributed by atoms with Crippen molar-refractivity contribution in [1.82, 2.24) is 0 Å². The highest BCUT2D eigenvalue weighted by Crippen LogP contribution is 2.26. The Kier molecular flexibility index (Phi) is 3.09. The van der Waals surface area contributed by atoms with Gasteiger partial charge in [-0.25, -0.2) is 0 Å². The fourth-order valence-corrected chi connectivity index (χ4v) is 1.78. The molecular formula is C14H17NO. The summed E-state index contributed by atoms with van der Waals surface area (Å²) in [6.45, 7) is 4.36. The van der Waals surface area contributed by atoms with Crippen LogP contribution in [-0.2, 0) is 0 Å². The van der Waals surface area contributed by atoms with Crippen LogP contribution in [0.4, 0.5) is 0 Å². The zero-order valence-corrected chi connectivity index (χ0v) is 10.0. The maximum atomic E-state index is 5.21. The van der Waals surface area contributed by atoms with Crippen molar-refractivity contribution in [2.45, 2.75) is 20.3 Å². The summed E-state index contributed by atoms with van der Waals surface area (Å²) in [5.74, 6) is 1.41. The largest absolute Gasteiger partial charge is 0.497 e. The molecule has 1 aliphatic heterocycles. The van der Waals surface area contributed by atoms with E-state index in [4.69, 9.17) is 4.74 Å². The summed E-state index contributed by atoms with van der Waals surface area (Å²) in [4.78, 5) is 4.66. The number of benzene rings is 1. The number of hydrogen-bond acceptors (Lipinski definition) is 2. The topological polar surface area (TPSA) is 21.6 Å². The van der Waals surface area contributed by atoms with Crippen LogP contribution in [0.1, 0.15) is 25.8 Å². The minimum absolute atomic E-state index is 0.527. The molecular weight excluding hydrogens is 198 g/mol. The Labute approximate surface area is 96.7 Å². The number of allylic oxidation sites excluding steroid dienone is 1. The molecule has 0 atom stereocenters. The second-order valence-electron chi connectivity index (χ2n) is 4.28. The summed E-state index contributed by atoms with van der Waals surface area (Å²) in [5, 5.41) is 0. The Morgan fingerprint density at radius 3 is 2.75 bits per heavy atom. The van der Waals surface area contributed by atoms with Crippen LogP contribution in [0, 0.1) is 5.92 Å². The first kappa shape index (κ1) is 10.9. The molecule has 2 nitrogen and oxygen atoms in total.